The molecule has 1 aromatic heterocycles. The highest BCUT2D eigenvalue weighted by molar-refractivity contribution is 6.02. The molecule has 1 aliphatic rings. The molecule has 1 heterocycles. The number of rotatable bonds is 10. The molecule has 3 atom stereocenters. The number of aliphatic hydroxyl groups is 1. The Kier molecular flexibility index (Phi) is 9.06. The maximum Gasteiger partial charge on any atom is 0.256 e. The van der Waals surface area contributed by atoms with Crippen LogP contribution in [0.1, 0.15) is 73.9 Å². The van der Waals surface area contributed by atoms with Crippen molar-refractivity contribution in [1.29, 1.82) is 0 Å². The fraction of sp³-hybridized carbons (Fsp3) is 0.615. The molecule has 0 bridgehead atoms. The molecule has 0 saturated heterocycles. The number of carbonyl (C=O) groups is 1. The molecule has 1 amide bonds. The number of amides is 1. The second-order valence-corrected chi connectivity index (χ2v) is 9.62. The van der Waals surface area contributed by atoms with E-state index in [0.717, 1.165) is 28.5 Å². The largest absolute Gasteiger partial charge is 0.396 e. The number of pyridine rings is 1. The Morgan fingerprint density at radius 1 is 1.18 bits per heavy atom. The number of carbonyl (C=O) groups excluding carboxylic acids is 1. The van der Waals surface area contributed by atoms with Gasteiger partial charge in [0.1, 0.15) is 5.82 Å². The van der Waals surface area contributed by atoms with Crippen LogP contribution in [0.15, 0.2) is 18.2 Å². The number of fused-ring (bicyclic) bond motifs is 1. The van der Waals surface area contributed by atoms with Crippen LogP contribution in [0.2, 0.25) is 0 Å². The number of hydrogen-bond donors (Lipinski definition) is 5. The minimum absolute atomic E-state index is 0.0125. The number of anilines is 1. The van der Waals surface area contributed by atoms with Gasteiger partial charge in [-0.15, -0.1) is 0 Å². The van der Waals surface area contributed by atoms with E-state index in [4.69, 9.17) is 10.7 Å². The van der Waals surface area contributed by atoms with Gasteiger partial charge in [-0.3, -0.25) is 4.79 Å². The van der Waals surface area contributed by atoms with Gasteiger partial charge in [-0.25, -0.2) is 4.98 Å². The van der Waals surface area contributed by atoms with Crippen molar-refractivity contribution in [3.05, 3.63) is 34.9 Å². The number of nitrogens with two attached hydrogens (primary N) is 1. The number of nitrogens with one attached hydrogen (secondary N) is 3. The lowest BCUT2D eigenvalue weighted by atomic mass is 9.91. The standard InChI is InChI=1S/C26H41N5O2/c1-5-23(30-21-9-7-6-8-10-21)20(15-32)14-28-25-22(26(33)29-18(4)27)13-19-11-16(2)17(3)12-24(19)31-25/h11-13,18,20-21,23,30,32H,5-10,14-15,27H2,1-4H3,(H,28,31)(H,29,33). The molecule has 1 aromatic carbocycles. The zero-order chi connectivity index (χ0) is 24.0. The van der Waals surface area contributed by atoms with Crippen LogP contribution < -0.4 is 21.7 Å². The van der Waals surface area contributed by atoms with Crippen molar-refractivity contribution in [3.63, 3.8) is 0 Å². The summed E-state index contributed by atoms with van der Waals surface area (Å²) in [5, 5.41) is 21.0. The van der Waals surface area contributed by atoms with Crippen molar-refractivity contribution in [2.75, 3.05) is 18.5 Å². The molecule has 1 aliphatic carbocycles. The SMILES string of the molecule is CCC(NC1CCCCC1)C(CO)CNc1nc2cc(C)c(C)cc2cc1C(=O)NC(C)N. The molecule has 33 heavy (non-hydrogen) atoms. The van der Waals surface area contributed by atoms with E-state index >= 15 is 0 Å². The number of nitrogens with zero attached hydrogens (tertiary/aromatic N) is 1. The van der Waals surface area contributed by atoms with Crippen LogP contribution in [0.3, 0.4) is 0 Å². The quantitative estimate of drug-likeness (QED) is 0.350. The molecule has 7 heteroatoms. The maximum absolute atomic E-state index is 12.9. The van der Waals surface area contributed by atoms with Gasteiger partial charge in [0.25, 0.3) is 5.91 Å². The van der Waals surface area contributed by atoms with Gasteiger partial charge >= 0.3 is 0 Å². The molecular formula is C26H41N5O2. The van der Waals surface area contributed by atoms with Gasteiger partial charge in [0.15, 0.2) is 0 Å². The van der Waals surface area contributed by atoms with Crippen LogP contribution in [0.4, 0.5) is 5.82 Å². The number of aliphatic hydroxyl groups excluding tert-OH is 1. The van der Waals surface area contributed by atoms with Crippen LogP contribution in [0.25, 0.3) is 10.9 Å². The Labute approximate surface area is 197 Å². The molecule has 3 unspecified atom stereocenters. The smallest absolute Gasteiger partial charge is 0.256 e. The fourth-order valence-electron chi connectivity index (χ4n) is 4.75. The van der Waals surface area contributed by atoms with Gasteiger partial charge in [0, 0.05) is 36.5 Å². The summed E-state index contributed by atoms with van der Waals surface area (Å²) in [4.78, 5) is 17.7. The van der Waals surface area contributed by atoms with Crippen molar-refractivity contribution < 1.29 is 9.90 Å². The number of aromatic nitrogens is 1. The first-order chi connectivity index (χ1) is 15.8. The average molecular weight is 456 g/mol. The Hall–Kier alpha value is -2.22. The van der Waals surface area contributed by atoms with E-state index in [1.165, 1.54) is 32.1 Å². The second kappa shape index (κ2) is 11.8. The normalized spacial score (nSPS) is 17.5. The summed E-state index contributed by atoms with van der Waals surface area (Å²) >= 11 is 0. The lowest BCUT2D eigenvalue weighted by molar-refractivity contribution is 0.0942. The summed E-state index contributed by atoms with van der Waals surface area (Å²) in [6.07, 6.45) is 6.74. The van der Waals surface area contributed by atoms with Crippen molar-refractivity contribution in [1.82, 2.24) is 15.6 Å². The molecule has 0 aliphatic heterocycles. The molecule has 3 rings (SSSR count). The van der Waals surface area contributed by atoms with Crippen LogP contribution >= 0.6 is 0 Å². The highest BCUT2D eigenvalue weighted by Crippen LogP contribution is 2.25. The summed E-state index contributed by atoms with van der Waals surface area (Å²) in [7, 11) is 0. The van der Waals surface area contributed by atoms with Gasteiger partial charge < -0.3 is 26.8 Å². The van der Waals surface area contributed by atoms with Gasteiger partial charge in [-0.1, -0.05) is 26.2 Å². The third kappa shape index (κ3) is 6.65. The zero-order valence-corrected chi connectivity index (χ0v) is 20.6. The van der Waals surface area contributed by atoms with E-state index in [9.17, 15) is 9.90 Å². The highest BCUT2D eigenvalue weighted by Gasteiger charge is 2.24. The van der Waals surface area contributed by atoms with Gasteiger partial charge in [0.05, 0.1) is 17.2 Å². The van der Waals surface area contributed by atoms with Gasteiger partial charge in [0.2, 0.25) is 0 Å². The monoisotopic (exact) mass is 455 g/mol. The first-order valence-electron chi connectivity index (χ1n) is 12.4. The summed E-state index contributed by atoms with van der Waals surface area (Å²) < 4.78 is 0. The number of benzene rings is 1. The lowest BCUT2D eigenvalue weighted by Crippen LogP contribution is -2.46. The summed E-state index contributed by atoms with van der Waals surface area (Å²) in [6.45, 7) is 8.60. The molecule has 1 fully saturated rings. The summed E-state index contributed by atoms with van der Waals surface area (Å²) in [5.41, 5.74) is 9.43. The molecular weight excluding hydrogens is 414 g/mol. The highest BCUT2D eigenvalue weighted by atomic mass is 16.3. The van der Waals surface area contributed by atoms with Crippen LogP contribution in [-0.2, 0) is 0 Å². The second-order valence-electron chi connectivity index (χ2n) is 9.62. The zero-order valence-electron chi connectivity index (χ0n) is 20.6. The van der Waals surface area contributed by atoms with Crippen molar-refractivity contribution in [3.8, 4) is 0 Å². The Bertz CT molecular complexity index is 940. The van der Waals surface area contributed by atoms with Crippen LogP contribution in [-0.4, -0.2) is 47.4 Å². The predicted molar refractivity (Wildman–Crippen MR) is 135 cm³/mol. The van der Waals surface area contributed by atoms with E-state index < -0.39 is 6.17 Å². The molecule has 0 spiro atoms. The Morgan fingerprint density at radius 3 is 2.52 bits per heavy atom. The topological polar surface area (TPSA) is 112 Å². The van der Waals surface area contributed by atoms with E-state index in [1.807, 2.05) is 12.1 Å². The number of aryl methyl sites for hydroxylation is 2. The minimum atomic E-state index is -0.463. The molecule has 7 nitrogen and oxygen atoms in total. The third-order valence-corrected chi connectivity index (χ3v) is 6.86. The third-order valence-electron chi connectivity index (χ3n) is 6.86. The molecule has 1 saturated carbocycles. The van der Waals surface area contributed by atoms with Crippen molar-refractivity contribution in [2.45, 2.75) is 84.5 Å². The molecule has 6 N–H and O–H groups in total. The van der Waals surface area contributed by atoms with Gasteiger partial charge in [-0.05, 0) is 69.4 Å². The van der Waals surface area contributed by atoms with Crippen molar-refractivity contribution in [2.24, 2.45) is 11.7 Å². The van der Waals surface area contributed by atoms with E-state index in [1.54, 1.807) is 6.92 Å². The predicted octanol–water partition coefficient (Wildman–Crippen LogP) is 3.61. The lowest BCUT2D eigenvalue weighted by Gasteiger charge is -2.32. The summed E-state index contributed by atoms with van der Waals surface area (Å²) in [6, 6.07) is 6.71. The maximum atomic E-state index is 12.9. The molecule has 2 aromatic rings. The molecule has 0 radical (unpaired) electrons. The first kappa shape index (κ1) is 25.4. The average Bonchev–Trinajstić information content (AvgIpc) is 2.79. The summed E-state index contributed by atoms with van der Waals surface area (Å²) in [5.74, 6) is 0.279. The first-order valence-corrected chi connectivity index (χ1v) is 12.4. The van der Waals surface area contributed by atoms with Crippen molar-refractivity contribution >= 4 is 22.6 Å². The van der Waals surface area contributed by atoms with E-state index in [0.29, 0.717) is 24.0 Å². The van der Waals surface area contributed by atoms with E-state index in [-0.39, 0.29) is 24.5 Å². The van der Waals surface area contributed by atoms with Crippen LogP contribution in [0, 0.1) is 19.8 Å². The van der Waals surface area contributed by atoms with Gasteiger partial charge in [-0.2, -0.15) is 0 Å². The van der Waals surface area contributed by atoms with E-state index in [2.05, 4.69) is 42.8 Å². The minimum Gasteiger partial charge on any atom is -0.396 e. The number of hydrogen-bond acceptors (Lipinski definition) is 6. The fourth-order valence-corrected chi connectivity index (χ4v) is 4.75. The molecule has 182 valence electrons. The Morgan fingerprint density at radius 2 is 1.88 bits per heavy atom. The van der Waals surface area contributed by atoms with Crippen LogP contribution in [0.5, 0.6) is 0 Å². The Balaban J connectivity index is 1.83.